The van der Waals surface area contributed by atoms with Gasteiger partial charge in [-0.2, -0.15) is 0 Å². The minimum Gasteiger partial charge on any atom is -0.481 e. The minimum absolute atomic E-state index is 0.0346. The molecule has 138 valence electrons. The summed E-state index contributed by atoms with van der Waals surface area (Å²) >= 11 is 0. The average molecular weight is 348 g/mol. The summed E-state index contributed by atoms with van der Waals surface area (Å²) in [4.78, 5) is 23.1. The predicted octanol–water partition coefficient (Wildman–Crippen LogP) is 2.58. The third-order valence-electron chi connectivity index (χ3n) is 4.74. The number of carbonyl (C=O) groups is 2. The molecule has 1 aromatic carbocycles. The molecule has 3 N–H and O–H groups in total. The maximum atomic E-state index is 12.3. The summed E-state index contributed by atoms with van der Waals surface area (Å²) in [6.45, 7) is 4.21. The third kappa shape index (κ3) is 7.13. The molecular weight excluding hydrogens is 320 g/mol. The average Bonchev–Trinajstić information content (AvgIpc) is 2.59. The summed E-state index contributed by atoms with van der Waals surface area (Å²) in [5.74, 6) is -0.852. The Morgan fingerprint density at radius 1 is 1.24 bits per heavy atom. The lowest BCUT2D eigenvalue weighted by Gasteiger charge is -2.33. The van der Waals surface area contributed by atoms with Crippen LogP contribution in [-0.2, 0) is 16.0 Å². The van der Waals surface area contributed by atoms with Crippen LogP contribution < -0.4 is 10.6 Å². The number of hydrogen-bond acceptors (Lipinski definition) is 3. The second-order valence-corrected chi connectivity index (χ2v) is 7.07. The van der Waals surface area contributed by atoms with Gasteiger partial charge in [-0.25, -0.2) is 4.79 Å². The van der Waals surface area contributed by atoms with Crippen LogP contribution in [0.3, 0.4) is 0 Å². The summed E-state index contributed by atoms with van der Waals surface area (Å²) < 4.78 is 5.37. The van der Waals surface area contributed by atoms with Gasteiger partial charge in [0, 0.05) is 32.2 Å². The highest BCUT2D eigenvalue weighted by atomic mass is 16.5. The molecule has 25 heavy (non-hydrogen) atoms. The van der Waals surface area contributed by atoms with E-state index in [-0.39, 0.29) is 23.9 Å². The SMILES string of the molecule is CC1(CNC(=O)NC(CCC(=O)O)Cc2ccccc2)CCOCC1. The number of amides is 2. The van der Waals surface area contributed by atoms with Gasteiger partial charge in [0.15, 0.2) is 0 Å². The minimum atomic E-state index is -0.852. The van der Waals surface area contributed by atoms with E-state index in [2.05, 4.69) is 17.6 Å². The monoisotopic (exact) mass is 348 g/mol. The standard InChI is InChI=1S/C19H28N2O4/c1-19(9-11-25-12-10-19)14-20-18(24)21-16(7-8-17(22)23)13-15-5-3-2-4-6-15/h2-6,16H,7-14H2,1H3,(H,22,23)(H2,20,21,24). The predicted molar refractivity (Wildman–Crippen MR) is 95.5 cm³/mol. The van der Waals surface area contributed by atoms with Crippen molar-refractivity contribution in [2.24, 2.45) is 5.41 Å². The Hall–Kier alpha value is -2.08. The number of aliphatic carboxylic acids is 1. The maximum absolute atomic E-state index is 12.3. The van der Waals surface area contributed by atoms with Crippen molar-refractivity contribution in [3.63, 3.8) is 0 Å². The number of carboxylic acid groups (broad SMARTS) is 1. The molecule has 1 aliphatic heterocycles. The summed E-state index contributed by atoms with van der Waals surface area (Å²) in [5.41, 5.74) is 1.14. The number of rotatable bonds is 8. The molecule has 0 saturated carbocycles. The van der Waals surface area contributed by atoms with Crippen LogP contribution in [0.5, 0.6) is 0 Å². The molecule has 1 atom stereocenters. The van der Waals surface area contributed by atoms with E-state index in [1.54, 1.807) is 0 Å². The van der Waals surface area contributed by atoms with Gasteiger partial charge in [-0.15, -0.1) is 0 Å². The second kappa shape index (κ2) is 9.42. The molecule has 0 aliphatic carbocycles. The number of nitrogens with one attached hydrogen (secondary N) is 2. The highest BCUT2D eigenvalue weighted by Gasteiger charge is 2.28. The summed E-state index contributed by atoms with van der Waals surface area (Å²) in [7, 11) is 0. The Morgan fingerprint density at radius 3 is 2.56 bits per heavy atom. The van der Waals surface area contributed by atoms with Crippen LogP contribution in [0.15, 0.2) is 30.3 Å². The van der Waals surface area contributed by atoms with Crippen LogP contribution >= 0.6 is 0 Å². The first-order valence-electron chi connectivity index (χ1n) is 8.85. The van der Waals surface area contributed by atoms with E-state index in [0.29, 0.717) is 19.4 Å². The second-order valence-electron chi connectivity index (χ2n) is 7.07. The number of benzene rings is 1. The third-order valence-corrected chi connectivity index (χ3v) is 4.74. The number of carbonyl (C=O) groups excluding carboxylic acids is 1. The fraction of sp³-hybridized carbons (Fsp3) is 0.579. The first-order valence-corrected chi connectivity index (χ1v) is 8.85. The van der Waals surface area contributed by atoms with Crippen LogP contribution in [0, 0.1) is 5.41 Å². The molecular formula is C19H28N2O4. The first-order chi connectivity index (χ1) is 12.0. The smallest absolute Gasteiger partial charge is 0.315 e. The lowest BCUT2D eigenvalue weighted by Crippen LogP contribution is -2.47. The molecule has 1 aromatic rings. The van der Waals surface area contributed by atoms with Gasteiger partial charge in [-0.3, -0.25) is 4.79 Å². The Labute approximate surface area is 149 Å². The number of carboxylic acids is 1. The van der Waals surface area contributed by atoms with Crippen LogP contribution in [0.25, 0.3) is 0 Å². The van der Waals surface area contributed by atoms with Crippen molar-refractivity contribution in [1.29, 1.82) is 0 Å². The molecule has 6 nitrogen and oxygen atoms in total. The van der Waals surface area contributed by atoms with Gasteiger partial charge in [0.05, 0.1) is 0 Å². The van der Waals surface area contributed by atoms with E-state index >= 15 is 0 Å². The Bertz CT molecular complexity index is 556. The van der Waals surface area contributed by atoms with Gasteiger partial charge >= 0.3 is 12.0 Å². The van der Waals surface area contributed by atoms with Crippen LogP contribution in [0.2, 0.25) is 0 Å². The Kier molecular flexibility index (Phi) is 7.25. The van der Waals surface area contributed by atoms with Crippen molar-refractivity contribution >= 4 is 12.0 Å². The van der Waals surface area contributed by atoms with Crippen molar-refractivity contribution in [1.82, 2.24) is 10.6 Å². The quantitative estimate of drug-likeness (QED) is 0.674. The molecule has 0 spiro atoms. The van der Waals surface area contributed by atoms with Gasteiger partial charge < -0.3 is 20.5 Å². The van der Waals surface area contributed by atoms with E-state index in [1.807, 2.05) is 30.3 Å². The molecule has 1 aliphatic rings. The van der Waals surface area contributed by atoms with E-state index < -0.39 is 5.97 Å². The lowest BCUT2D eigenvalue weighted by atomic mass is 9.82. The van der Waals surface area contributed by atoms with Crippen molar-refractivity contribution in [2.75, 3.05) is 19.8 Å². The van der Waals surface area contributed by atoms with E-state index in [9.17, 15) is 9.59 Å². The zero-order valence-corrected chi connectivity index (χ0v) is 14.8. The van der Waals surface area contributed by atoms with E-state index in [0.717, 1.165) is 31.6 Å². The lowest BCUT2D eigenvalue weighted by molar-refractivity contribution is -0.137. The van der Waals surface area contributed by atoms with E-state index in [4.69, 9.17) is 9.84 Å². The normalized spacial score (nSPS) is 17.5. The van der Waals surface area contributed by atoms with Crippen molar-refractivity contribution in [2.45, 2.75) is 45.1 Å². The number of ether oxygens (including phenoxy) is 1. The Morgan fingerprint density at radius 2 is 1.92 bits per heavy atom. The van der Waals surface area contributed by atoms with Gasteiger partial charge in [0.2, 0.25) is 0 Å². The van der Waals surface area contributed by atoms with Crippen molar-refractivity contribution in [3.05, 3.63) is 35.9 Å². The van der Waals surface area contributed by atoms with Crippen molar-refractivity contribution in [3.8, 4) is 0 Å². The molecule has 1 saturated heterocycles. The van der Waals surface area contributed by atoms with Crippen molar-refractivity contribution < 1.29 is 19.4 Å². The molecule has 1 unspecified atom stereocenters. The highest BCUT2D eigenvalue weighted by Crippen LogP contribution is 2.28. The number of hydrogen-bond donors (Lipinski definition) is 3. The molecule has 2 amide bonds. The topological polar surface area (TPSA) is 87.7 Å². The maximum Gasteiger partial charge on any atom is 0.315 e. The van der Waals surface area contributed by atoms with Crippen LogP contribution in [-0.4, -0.2) is 42.9 Å². The molecule has 1 heterocycles. The highest BCUT2D eigenvalue weighted by molar-refractivity contribution is 5.74. The molecule has 6 heteroatoms. The summed E-state index contributed by atoms with van der Waals surface area (Å²) in [5, 5.41) is 14.8. The molecule has 2 rings (SSSR count). The zero-order valence-electron chi connectivity index (χ0n) is 14.8. The molecule has 0 bridgehead atoms. The van der Waals surface area contributed by atoms with Gasteiger partial charge in [-0.05, 0) is 36.7 Å². The molecule has 0 radical (unpaired) electrons. The van der Waals surface area contributed by atoms with E-state index in [1.165, 1.54) is 0 Å². The van der Waals surface area contributed by atoms with Crippen LogP contribution in [0.4, 0.5) is 4.79 Å². The Balaban J connectivity index is 1.85. The fourth-order valence-electron chi connectivity index (χ4n) is 2.99. The fourth-order valence-corrected chi connectivity index (χ4v) is 2.99. The first kappa shape index (κ1) is 19.2. The van der Waals surface area contributed by atoms with Crippen LogP contribution in [0.1, 0.15) is 38.2 Å². The number of urea groups is 1. The van der Waals surface area contributed by atoms with Gasteiger partial charge in [0.25, 0.3) is 0 Å². The molecule has 1 fully saturated rings. The van der Waals surface area contributed by atoms with Gasteiger partial charge in [0.1, 0.15) is 0 Å². The summed E-state index contributed by atoms with van der Waals surface area (Å²) in [6.07, 6.45) is 2.92. The molecule has 0 aromatic heterocycles. The van der Waals surface area contributed by atoms with Gasteiger partial charge in [-0.1, -0.05) is 37.3 Å². The zero-order chi connectivity index (χ0) is 18.1. The largest absolute Gasteiger partial charge is 0.481 e. The summed E-state index contributed by atoms with van der Waals surface area (Å²) in [6, 6.07) is 9.34.